The minimum absolute atomic E-state index is 0.122. The van der Waals surface area contributed by atoms with Crippen molar-refractivity contribution in [2.24, 2.45) is 7.05 Å². The Labute approximate surface area is 551 Å². The van der Waals surface area contributed by atoms with E-state index in [1.54, 1.807) is 63.1 Å². The first-order valence-electron chi connectivity index (χ1n) is 31.0. The zero-order valence-electron chi connectivity index (χ0n) is 52.0. The number of piperazine rings is 3. The number of anilines is 3. The van der Waals surface area contributed by atoms with Gasteiger partial charge in [0.25, 0.3) is 28.5 Å². The van der Waals surface area contributed by atoms with Crippen LogP contribution in [-0.2, 0) is 24.8 Å². The van der Waals surface area contributed by atoms with Gasteiger partial charge in [-0.15, -0.1) is 11.3 Å². The summed E-state index contributed by atoms with van der Waals surface area (Å²) in [6.07, 6.45) is 6.09. The van der Waals surface area contributed by atoms with Crippen molar-refractivity contribution in [2.75, 3.05) is 114 Å². The molecule has 4 aliphatic rings. The van der Waals surface area contributed by atoms with Crippen LogP contribution < -0.4 is 31.4 Å². The number of nitrogens with zero attached hydrogens (tertiary/aromatic N) is 13. The van der Waals surface area contributed by atoms with Gasteiger partial charge in [-0.2, -0.15) is 15.8 Å². The molecule has 5 aromatic heterocycles. The molecule has 1 saturated carbocycles. The molecular formula is C70H69Cl2N13O7S. The van der Waals surface area contributed by atoms with E-state index in [-0.39, 0.29) is 57.1 Å². The lowest BCUT2D eigenvalue weighted by molar-refractivity contribution is -0.130. The van der Waals surface area contributed by atoms with E-state index in [1.807, 2.05) is 124 Å². The second kappa shape index (κ2) is 28.9. The van der Waals surface area contributed by atoms with Gasteiger partial charge in [0, 0.05) is 131 Å². The number of thiophene rings is 1. The number of furan rings is 1. The third-order valence-electron chi connectivity index (χ3n) is 17.8. The smallest absolute Gasteiger partial charge is 0.289 e. The van der Waals surface area contributed by atoms with Gasteiger partial charge in [-0.1, -0.05) is 96.7 Å². The van der Waals surface area contributed by atoms with E-state index >= 15 is 0 Å². The molecule has 0 N–H and O–H groups in total. The van der Waals surface area contributed by atoms with Crippen molar-refractivity contribution in [1.82, 2.24) is 33.3 Å². The maximum absolute atomic E-state index is 13.4. The summed E-state index contributed by atoms with van der Waals surface area (Å²) in [7, 11) is 5.59. The Morgan fingerprint density at radius 2 is 1.08 bits per heavy atom. The van der Waals surface area contributed by atoms with Gasteiger partial charge >= 0.3 is 0 Å². The minimum atomic E-state index is -0.285. The molecule has 0 atom stereocenters. The number of nitriles is 3. The third-order valence-corrected chi connectivity index (χ3v) is 19.4. The van der Waals surface area contributed by atoms with E-state index in [2.05, 4.69) is 28.0 Å². The maximum Gasteiger partial charge on any atom is 0.289 e. The van der Waals surface area contributed by atoms with Crippen LogP contribution in [0.2, 0.25) is 10.0 Å². The van der Waals surface area contributed by atoms with Crippen LogP contribution in [0.15, 0.2) is 146 Å². The van der Waals surface area contributed by atoms with Crippen LogP contribution in [0.1, 0.15) is 74.2 Å². The molecule has 9 aromatic rings. The zero-order chi connectivity index (χ0) is 65.4. The standard InChI is InChI=1S/C25H25Cl2N5O2.C24H24N4O3.C21H20N4O2S/c1-29(2)9-14-32-22-6-4-3-5-18(22)23(19(16-28)25(32)34)30-10-12-31(13-11-30)24(33)17-7-8-20(26)21(27)15-17;25-16-19-22(26-11-13-27(14-12-26)24(30)21-10-5-15-31-21)18-8-3-4-9-20(18)28(23(19)29)17-6-1-2-7-17;1-23-18-7-3-2-6-16(18)20(17(14-22)21(23)27)25-10-8-24(9-11-25)19(26)13-15-5-4-12-28-15/h3-8,15H,9-14H2,1-2H3;3-5,8-10,15,17H,1-2,6-7,11-14H2;2-7,12H,8-11,13H2,1H3. The average Bonchev–Trinajstić information content (AvgIpc) is 1.12. The zero-order valence-corrected chi connectivity index (χ0v) is 54.3. The first-order valence-corrected chi connectivity index (χ1v) is 32.7. The number of amides is 3. The Hall–Kier alpha value is -9.69. The second-order valence-corrected chi connectivity index (χ2v) is 25.4. The van der Waals surface area contributed by atoms with E-state index in [4.69, 9.17) is 27.6 Å². The van der Waals surface area contributed by atoms with E-state index in [0.717, 1.165) is 63.3 Å². The highest BCUT2D eigenvalue weighted by atomic mass is 35.5. The molecule has 23 heteroatoms. The fraction of sp³-hybridized carbons (Fsp3) is 0.329. The number of carbonyl (C=O) groups excluding carboxylic acids is 3. The predicted octanol–water partition coefficient (Wildman–Crippen LogP) is 9.61. The number of likely N-dealkylation sites (N-methyl/N-ethyl adjacent to an activating group) is 1. The molecule has 13 rings (SSSR count). The number of halogens is 2. The van der Waals surface area contributed by atoms with Gasteiger partial charge in [-0.3, -0.25) is 28.8 Å². The number of aromatic nitrogens is 3. The SMILES string of the molecule is CN(C)CCn1c(=O)c(C#N)c(N2CCN(C(=O)c3ccc(Cl)c(Cl)c3)CC2)c2ccccc21.Cn1c(=O)c(C#N)c(N2CCN(C(=O)Cc3cccs3)CC2)c2ccccc21.N#Cc1c(N2CCN(C(=O)c3ccco3)CC2)c2ccccc2n(C2CCCC2)c1=O. The average molecular weight is 1310 g/mol. The van der Waals surface area contributed by atoms with Gasteiger partial charge in [-0.05, 0) is 86.9 Å². The normalized spacial score (nSPS) is 15.2. The largest absolute Gasteiger partial charge is 0.459 e. The summed E-state index contributed by atoms with van der Waals surface area (Å²) in [5.74, 6) is 0.196. The fourth-order valence-corrected chi connectivity index (χ4v) is 14.0. The Morgan fingerprint density at radius 1 is 0.570 bits per heavy atom. The van der Waals surface area contributed by atoms with Crippen molar-refractivity contribution in [1.29, 1.82) is 15.8 Å². The second-order valence-electron chi connectivity index (χ2n) is 23.6. The lowest BCUT2D eigenvalue weighted by Gasteiger charge is -2.37. The van der Waals surface area contributed by atoms with E-state index < -0.39 is 0 Å². The lowest BCUT2D eigenvalue weighted by Crippen LogP contribution is -2.49. The molecule has 0 bridgehead atoms. The summed E-state index contributed by atoms with van der Waals surface area (Å²) in [4.78, 5) is 92.2. The summed E-state index contributed by atoms with van der Waals surface area (Å²) in [5.41, 5.74) is 4.75. The molecular weight excluding hydrogens is 1240 g/mol. The summed E-state index contributed by atoms with van der Waals surface area (Å²) in [6.45, 7) is 7.59. The van der Waals surface area contributed by atoms with Crippen LogP contribution in [0.3, 0.4) is 0 Å². The molecule has 4 fully saturated rings. The molecule has 3 amide bonds. The third kappa shape index (κ3) is 13.5. The molecule has 93 heavy (non-hydrogen) atoms. The molecule has 3 saturated heterocycles. The molecule has 20 nitrogen and oxygen atoms in total. The number of hydrogen-bond donors (Lipinski definition) is 0. The van der Waals surface area contributed by atoms with Crippen molar-refractivity contribution >= 4 is 102 Å². The molecule has 0 unspecified atom stereocenters. The van der Waals surface area contributed by atoms with Gasteiger partial charge < -0.3 is 52.4 Å². The van der Waals surface area contributed by atoms with E-state index in [9.17, 15) is 44.6 Å². The molecule has 8 heterocycles. The molecule has 3 aliphatic heterocycles. The highest BCUT2D eigenvalue weighted by Crippen LogP contribution is 2.37. The van der Waals surface area contributed by atoms with Crippen LogP contribution in [-0.4, -0.2) is 150 Å². The monoisotopic (exact) mass is 1310 g/mol. The maximum atomic E-state index is 13.4. The Morgan fingerprint density at radius 3 is 1.60 bits per heavy atom. The topological polar surface area (TPSA) is 224 Å². The van der Waals surface area contributed by atoms with Crippen LogP contribution >= 0.6 is 34.5 Å². The van der Waals surface area contributed by atoms with Gasteiger partial charge in [0.2, 0.25) is 5.91 Å². The van der Waals surface area contributed by atoms with E-state index in [0.29, 0.717) is 136 Å². The molecule has 0 spiro atoms. The highest BCUT2D eigenvalue weighted by Gasteiger charge is 2.32. The summed E-state index contributed by atoms with van der Waals surface area (Å²) < 4.78 is 10.3. The highest BCUT2D eigenvalue weighted by molar-refractivity contribution is 7.10. The lowest BCUT2D eigenvalue weighted by atomic mass is 10.0. The molecule has 476 valence electrons. The summed E-state index contributed by atoms with van der Waals surface area (Å²) in [5, 5.41) is 34.9. The fourth-order valence-electron chi connectivity index (χ4n) is 13.0. The van der Waals surface area contributed by atoms with Crippen LogP contribution in [0.25, 0.3) is 32.7 Å². The van der Waals surface area contributed by atoms with Gasteiger partial charge in [0.15, 0.2) is 5.76 Å². The Kier molecular flexibility index (Phi) is 20.1. The van der Waals surface area contributed by atoms with Crippen molar-refractivity contribution in [3.8, 4) is 18.2 Å². The number of para-hydroxylation sites is 3. The molecule has 1 aliphatic carbocycles. The number of pyridine rings is 3. The Balaban J connectivity index is 0.000000143. The van der Waals surface area contributed by atoms with Crippen LogP contribution in [0, 0.1) is 34.0 Å². The summed E-state index contributed by atoms with van der Waals surface area (Å²) >= 11 is 13.6. The van der Waals surface area contributed by atoms with Crippen LogP contribution in [0.5, 0.6) is 0 Å². The summed E-state index contributed by atoms with van der Waals surface area (Å²) in [6, 6.07) is 42.0. The minimum Gasteiger partial charge on any atom is -0.459 e. The predicted molar refractivity (Wildman–Crippen MR) is 364 cm³/mol. The van der Waals surface area contributed by atoms with Crippen molar-refractivity contribution in [2.45, 2.75) is 44.7 Å². The number of carbonyl (C=O) groups is 3. The first-order chi connectivity index (χ1) is 45.1. The van der Waals surface area contributed by atoms with E-state index in [1.165, 1.54) is 10.8 Å². The first kappa shape index (κ1) is 64.8. The van der Waals surface area contributed by atoms with Crippen molar-refractivity contribution in [3.63, 3.8) is 0 Å². The number of hydrogen-bond acceptors (Lipinski definition) is 15. The molecule has 0 radical (unpaired) electrons. The van der Waals surface area contributed by atoms with Gasteiger partial charge in [-0.25, -0.2) is 0 Å². The van der Waals surface area contributed by atoms with Gasteiger partial charge in [0.1, 0.15) is 34.9 Å². The number of benzene rings is 4. The van der Waals surface area contributed by atoms with Crippen molar-refractivity contribution < 1.29 is 18.8 Å². The number of aryl methyl sites for hydroxylation is 1. The number of rotatable bonds is 11. The van der Waals surface area contributed by atoms with Crippen LogP contribution in [0.4, 0.5) is 17.1 Å². The van der Waals surface area contributed by atoms with Gasteiger partial charge in [0.05, 0.1) is 56.3 Å². The van der Waals surface area contributed by atoms with Crippen molar-refractivity contribution in [3.05, 3.63) is 201 Å². The Bertz CT molecular complexity index is 4590. The quantitative estimate of drug-likeness (QED) is 0.118. The number of fused-ring (bicyclic) bond motifs is 3. The molecule has 4 aromatic carbocycles.